The number of carbonyl (C=O) groups excluding carboxylic acids is 1. The smallest absolute Gasteiger partial charge is 0.258 e. The minimum absolute atomic E-state index is 0.112. The lowest BCUT2D eigenvalue weighted by Gasteiger charge is -2.34. The predicted octanol–water partition coefficient (Wildman–Crippen LogP) is 3.32. The summed E-state index contributed by atoms with van der Waals surface area (Å²) >= 11 is 0. The van der Waals surface area contributed by atoms with E-state index in [4.69, 9.17) is 0 Å². The van der Waals surface area contributed by atoms with Crippen molar-refractivity contribution in [2.24, 2.45) is 0 Å². The van der Waals surface area contributed by atoms with Gasteiger partial charge in [0.2, 0.25) is 16.0 Å². The number of H-pyrrole nitrogens is 1. The molecule has 0 saturated carbocycles. The normalized spacial score (nSPS) is 15.4. The van der Waals surface area contributed by atoms with Crippen molar-refractivity contribution in [1.82, 2.24) is 19.2 Å². The summed E-state index contributed by atoms with van der Waals surface area (Å²) in [5.74, 6) is -0.113. The fraction of sp³-hybridized carbons (Fsp3) is 0.200. The van der Waals surface area contributed by atoms with Crippen LogP contribution in [0, 0.1) is 0 Å². The third kappa shape index (κ3) is 4.72. The van der Waals surface area contributed by atoms with E-state index >= 15 is 0 Å². The molecule has 1 aromatic heterocycles. The van der Waals surface area contributed by atoms with Gasteiger partial charge < -0.3 is 4.98 Å². The second-order valence-corrected chi connectivity index (χ2v) is 10.2. The number of amides is 1. The fourth-order valence-corrected chi connectivity index (χ4v) is 5.58. The highest BCUT2D eigenvalue weighted by Crippen LogP contribution is 2.21. The lowest BCUT2D eigenvalue weighted by molar-refractivity contribution is 0.102. The molecule has 174 valence electrons. The highest BCUT2D eigenvalue weighted by atomic mass is 32.2. The fourth-order valence-electron chi connectivity index (χ4n) is 4.11. The van der Waals surface area contributed by atoms with Crippen molar-refractivity contribution in [3.05, 3.63) is 90.0 Å². The van der Waals surface area contributed by atoms with Crippen LogP contribution >= 0.6 is 0 Å². The maximum Gasteiger partial charge on any atom is 0.258 e. The second kappa shape index (κ2) is 9.38. The van der Waals surface area contributed by atoms with Gasteiger partial charge in [0.25, 0.3) is 5.91 Å². The summed E-state index contributed by atoms with van der Waals surface area (Å²) in [6.07, 6.45) is 0. The highest BCUT2D eigenvalue weighted by Gasteiger charge is 2.29. The molecule has 1 amide bonds. The number of fused-ring (bicyclic) bond motifs is 1. The maximum absolute atomic E-state index is 13.3. The van der Waals surface area contributed by atoms with Crippen molar-refractivity contribution < 1.29 is 13.2 Å². The molecule has 3 aromatic carbocycles. The zero-order valence-electron chi connectivity index (χ0n) is 18.5. The molecule has 1 saturated heterocycles. The average molecular weight is 476 g/mol. The first-order valence-electron chi connectivity index (χ1n) is 11.1. The van der Waals surface area contributed by atoms with Crippen molar-refractivity contribution >= 4 is 32.9 Å². The Labute approximate surface area is 198 Å². The van der Waals surface area contributed by atoms with Crippen molar-refractivity contribution in [1.29, 1.82) is 0 Å². The molecule has 0 unspecified atom stereocenters. The SMILES string of the molecule is O=C(Nc1nc2ccccc2[nH]1)c1cccc(S(=O)(=O)N2CCN(Cc3ccccc3)CC2)c1. The zero-order valence-corrected chi connectivity index (χ0v) is 19.3. The summed E-state index contributed by atoms with van der Waals surface area (Å²) in [6.45, 7) is 2.92. The van der Waals surface area contributed by atoms with Crippen LogP contribution in [0.15, 0.2) is 83.8 Å². The van der Waals surface area contributed by atoms with Crippen LogP contribution in [-0.2, 0) is 16.6 Å². The Morgan fingerprint density at radius 2 is 1.65 bits per heavy atom. The molecule has 1 aliphatic heterocycles. The number of sulfonamides is 1. The zero-order chi connectivity index (χ0) is 23.5. The van der Waals surface area contributed by atoms with E-state index in [0.717, 1.165) is 17.6 Å². The summed E-state index contributed by atoms with van der Waals surface area (Å²) in [4.78, 5) is 22.5. The molecule has 1 fully saturated rings. The number of benzene rings is 3. The van der Waals surface area contributed by atoms with Crippen LogP contribution in [0.4, 0.5) is 5.95 Å². The van der Waals surface area contributed by atoms with Crippen LogP contribution in [0.25, 0.3) is 11.0 Å². The molecule has 0 atom stereocenters. The van der Waals surface area contributed by atoms with Gasteiger partial charge in [0.05, 0.1) is 15.9 Å². The van der Waals surface area contributed by atoms with E-state index in [9.17, 15) is 13.2 Å². The van der Waals surface area contributed by atoms with Crippen LogP contribution < -0.4 is 5.32 Å². The van der Waals surface area contributed by atoms with E-state index in [-0.39, 0.29) is 10.5 Å². The van der Waals surface area contributed by atoms with Gasteiger partial charge in [-0.05, 0) is 35.9 Å². The number of nitrogens with one attached hydrogen (secondary N) is 2. The third-order valence-corrected chi connectivity index (χ3v) is 7.83. The van der Waals surface area contributed by atoms with E-state index < -0.39 is 15.9 Å². The summed E-state index contributed by atoms with van der Waals surface area (Å²) in [7, 11) is -3.70. The van der Waals surface area contributed by atoms with Crippen LogP contribution in [0.5, 0.6) is 0 Å². The summed E-state index contributed by atoms with van der Waals surface area (Å²) < 4.78 is 28.0. The molecule has 0 spiro atoms. The number of hydrogen-bond donors (Lipinski definition) is 2. The first kappa shape index (κ1) is 22.3. The Balaban J connectivity index is 1.26. The Morgan fingerprint density at radius 3 is 2.41 bits per heavy atom. The molecule has 2 heterocycles. The molecule has 0 bridgehead atoms. The largest absolute Gasteiger partial charge is 0.324 e. The average Bonchev–Trinajstić information content (AvgIpc) is 3.27. The topological polar surface area (TPSA) is 98.4 Å². The number of nitrogens with zero attached hydrogens (tertiary/aromatic N) is 3. The standard InChI is InChI=1S/C25H25N5O3S/c31-24(28-25-26-22-11-4-5-12-23(22)27-25)20-9-6-10-21(17-20)34(32,33)30-15-13-29(14-16-30)18-19-7-2-1-3-8-19/h1-12,17H,13-16,18H2,(H2,26,27,28,31). The predicted molar refractivity (Wildman–Crippen MR) is 131 cm³/mol. The summed E-state index contributed by atoms with van der Waals surface area (Å²) in [5.41, 5.74) is 3.01. The number of hydrogen-bond acceptors (Lipinski definition) is 5. The van der Waals surface area contributed by atoms with Gasteiger partial charge in [-0.3, -0.25) is 15.0 Å². The molecule has 34 heavy (non-hydrogen) atoms. The quantitative estimate of drug-likeness (QED) is 0.446. The van der Waals surface area contributed by atoms with Crippen molar-refractivity contribution in [3.63, 3.8) is 0 Å². The van der Waals surface area contributed by atoms with E-state index in [1.807, 2.05) is 42.5 Å². The molecule has 0 aliphatic carbocycles. The van der Waals surface area contributed by atoms with Gasteiger partial charge in [0, 0.05) is 38.3 Å². The minimum Gasteiger partial charge on any atom is -0.324 e. The van der Waals surface area contributed by atoms with Gasteiger partial charge in [-0.15, -0.1) is 0 Å². The van der Waals surface area contributed by atoms with Crippen LogP contribution in [0.2, 0.25) is 0 Å². The number of piperazine rings is 1. The number of anilines is 1. The Morgan fingerprint density at radius 1 is 0.912 bits per heavy atom. The number of rotatable bonds is 6. The maximum atomic E-state index is 13.3. The van der Waals surface area contributed by atoms with Gasteiger partial charge >= 0.3 is 0 Å². The van der Waals surface area contributed by atoms with Gasteiger partial charge in [0.1, 0.15) is 0 Å². The number of imidazole rings is 1. The molecule has 4 aromatic rings. The molecule has 1 aliphatic rings. The van der Waals surface area contributed by atoms with E-state index in [0.29, 0.717) is 32.1 Å². The summed E-state index contributed by atoms with van der Waals surface area (Å²) in [6, 6.07) is 23.7. The molecule has 5 rings (SSSR count). The van der Waals surface area contributed by atoms with Crippen molar-refractivity contribution in [2.75, 3.05) is 31.5 Å². The Kier molecular flexibility index (Phi) is 6.14. The molecule has 0 radical (unpaired) electrons. The van der Waals surface area contributed by atoms with E-state index in [1.165, 1.54) is 22.0 Å². The molecular formula is C25H25N5O3S. The number of para-hydroxylation sites is 2. The Bertz CT molecular complexity index is 1380. The molecule has 2 N–H and O–H groups in total. The van der Waals surface area contributed by atoms with E-state index in [1.54, 1.807) is 12.1 Å². The van der Waals surface area contributed by atoms with Crippen LogP contribution in [0.3, 0.4) is 0 Å². The molecule has 8 nitrogen and oxygen atoms in total. The van der Waals surface area contributed by atoms with Crippen LogP contribution in [-0.4, -0.2) is 59.7 Å². The van der Waals surface area contributed by atoms with Crippen molar-refractivity contribution in [3.8, 4) is 0 Å². The van der Waals surface area contributed by atoms with Crippen molar-refractivity contribution in [2.45, 2.75) is 11.4 Å². The van der Waals surface area contributed by atoms with Gasteiger partial charge in [-0.25, -0.2) is 13.4 Å². The van der Waals surface area contributed by atoms with Gasteiger partial charge in [0.15, 0.2) is 0 Å². The number of aromatic nitrogens is 2. The van der Waals surface area contributed by atoms with Gasteiger partial charge in [-0.2, -0.15) is 4.31 Å². The second-order valence-electron chi connectivity index (χ2n) is 8.25. The summed E-state index contributed by atoms with van der Waals surface area (Å²) in [5, 5.41) is 2.71. The van der Waals surface area contributed by atoms with Gasteiger partial charge in [-0.1, -0.05) is 48.5 Å². The third-order valence-electron chi connectivity index (χ3n) is 5.94. The highest BCUT2D eigenvalue weighted by molar-refractivity contribution is 7.89. The number of carbonyl (C=O) groups is 1. The molecule has 9 heteroatoms. The lowest BCUT2D eigenvalue weighted by Crippen LogP contribution is -2.48. The number of aromatic amines is 1. The van der Waals surface area contributed by atoms with E-state index in [2.05, 4.69) is 32.3 Å². The first-order chi connectivity index (χ1) is 16.5. The monoisotopic (exact) mass is 475 g/mol. The molecular weight excluding hydrogens is 450 g/mol. The van der Waals surface area contributed by atoms with Crippen LogP contribution in [0.1, 0.15) is 15.9 Å². The lowest BCUT2D eigenvalue weighted by atomic mass is 10.2. The first-order valence-corrected chi connectivity index (χ1v) is 12.6. The Hall–Kier alpha value is -3.53. The minimum atomic E-state index is -3.70.